The molecule has 104 valence electrons. The Hall–Kier alpha value is -1.20. The van der Waals surface area contributed by atoms with Crippen LogP contribution in [0.2, 0.25) is 0 Å². The van der Waals surface area contributed by atoms with Gasteiger partial charge >= 0.3 is 0 Å². The van der Waals surface area contributed by atoms with Crippen molar-refractivity contribution in [1.29, 1.82) is 0 Å². The summed E-state index contributed by atoms with van der Waals surface area (Å²) in [5.74, 6) is 3.77. The molecule has 2 heterocycles. The molecule has 0 spiro atoms. The van der Waals surface area contributed by atoms with Crippen molar-refractivity contribution < 1.29 is 8.94 Å². The van der Waals surface area contributed by atoms with Crippen LogP contribution >= 0.6 is 11.8 Å². The Morgan fingerprint density at radius 3 is 2.68 bits per heavy atom. The van der Waals surface area contributed by atoms with Gasteiger partial charge in [-0.1, -0.05) is 5.16 Å². The maximum absolute atomic E-state index is 5.73. The average molecular weight is 280 g/mol. The van der Waals surface area contributed by atoms with E-state index in [4.69, 9.17) is 8.94 Å². The lowest BCUT2D eigenvalue weighted by Crippen LogP contribution is -2.18. The monoisotopic (exact) mass is 280 g/mol. The Balaban J connectivity index is 1.94. The Morgan fingerprint density at radius 1 is 1.32 bits per heavy atom. The van der Waals surface area contributed by atoms with Crippen LogP contribution in [0.3, 0.4) is 0 Å². The molecule has 2 rings (SSSR count). The van der Waals surface area contributed by atoms with Crippen LogP contribution in [0.1, 0.15) is 41.5 Å². The van der Waals surface area contributed by atoms with Gasteiger partial charge in [0.25, 0.3) is 0 Å². The number of nitrogens with one attached hydrogen (secondary N) is 1. The second kappa shape index (κ2) is 6.30. The van der Waals surface area contributed by atoms with E-state index in [-0.39, 0.29) is 6.04 Å². The normalized spacial score (nSPS) is 12.8. The highest BCUT2D eigenvalue weighted by atomic mass is 32.2. The largest absolute Gasteiger partial charge is 0.464 e. The molecular weight excluding hydrogens is 260 g/mol. The summed E-state index contributed by atoms with van der Waals surface area (Å²) in [5.41, 5.74) is 2.08. The predicted octanol–water partition coefficient (Wildman–Crippen LogP) is 3.60. The fraction of sp³-hybridized carbons (Fsp3) is 0.500. The number of aromatic nitrogens is 1. The quantitative estimate of drug-likeness (QED) is 0.876. The van der Waals surface area contributed by atoms with E-state index in [0.717, 1.165) is 34.3 Å². The number of aryl methyl sites for hydroxylation is 2. The van der Waals surface area contributed by atoms with E-state index < -0.39 is 0 Å². The number of thioether (sulfide) groups is 1. The van der Waals surface area contributed by atoms with Crippen molar-refractivity contribution in [3.05, 3.63) is 40.7 Å². The van der Waals surface area contributed by atoms with Gasteiger partial charge in [0.2, 0.25) is 0 Å². The molecule has 0 aromatic carbocycles. The summed E-state index contributed by atoms with van der Waals surface area (Å²) in [6, 6.07) is 4.26. The first-order chi connectivity index (χ1) is 9.11. The van der Waals surface area contributed by atoms with Gasteiger partial charge < -0.3 is 14.3 Å². The van der Waals surface area contributed by atoms with Crippen molar-refractivity contribution in [3.8, 4) is 0 Å². The molecule has 1 atom stereocenters. The van der Waals surface area contributed by atoms with Gasteiger partial charge in [0.05, 0.1) is 18.0 Å². The Labute approximate surface area is 117 Å². The highest BCUT2D eigenvalue weighted by Gasteiger charge is 2.16. The first-order valence-corrected chi connectivity index (χ1v) is 7.74. The summed E-state index contributed by atoms with van der Waals surface area (Å²) in [6.07, 6.45) is 2.07. The van der Waals surface area contributed by atoms with Gasteiger partial charge in [-0.3, -0.25) is 0 Å². The fourth-order valence-corrected chi connectivity index (χ4v) is 2.64. The minimum Gasteiger partial charge on any atom is -0.464 e. The molecule has 2 aromatic rings. The van der Waals surface area contributed by atoms with E-state index >= 15 is 0 Å². The molecule has 0 amide bonds. The lowest BCUT2D eigenvalue weighted by molar-refractivity contribution is 0.389. The van der Waals surface area contributed by atoms with Crippen molar-refractivity contribution in [2.24, 2.45) is 0 Å². The third-order valence-electron chi connectivity index (χ3n) is 3.11. The minimum atomic E-state index is 0.195. The molecule has 0 aliphatic carbocycles. The molecule has 0 aliphatic rings. The molecule has 0 saturated heterocycles. The Kier molecular flexibility index (Phi) is 4.71. The molecule has 1 unspecified atom stereocenters. The van der Waals surface area contributed by atoms with E-state index in [1.54, 1.807) is 11.8 Å². The molecule has 19 heavy (non-hydrogen) atoms. The molecule has 0 fully saturated rings. The van der Waals surface area contributed by atoms with Crippen molar-refractivity contribution in [3.63, 3.8) is 0 Å². The molecule has 1 N–H and O–H groups in total. The summed E-state index contributed by atoms with van der Waals surface area (Å²) in [7, 11) is 0. The zero-order valence-electron chi connectivity index (χ0n) is 11.8. The van der Waals surface area contributed by atoms with Crippen LogP contribution in [-0.2, 0) is 12.3 Å². The van der Waals surface area contributed by atoms with Gasteiger partial charge in [-0.25, -0.2) is 0 Å². The van der Waals surface area contributed by atoms with Crippen molar-refractivity contribution >= 4 is 11.8 Å². The lowest BCUT2D eigenvalue weighted by atomic mass is 10.1. The van der Waals surface area contributed by atoms with Crippen molar-refractivity contribution in [1.82, 2.24) is 10.5 Å². The van der Waals surface area contributed by atoms with Crippen molar-refractivity contribution in [2.75, 3.05) is 6.26 Å². The molecule has 0 saturated carbocycles. The van der Waals surface area contributed by atoms with Crippen LogP contribution in [0.25, 0.3) is 0 Å². The predicted molar refractivity (Wildman–Crippen MR) is 77.2 cm³/mol. The van der Waals surface area contributed by atoms with Crippen LogP contribution in [0.4, 0.5) is 0 Å². The third kappa shape index (κ3) is 3.42. The van der Waals surface area contributed by atoms with Gasteiger partial charge in [-0.2, -0.15) is 11.8 Å². The van der Waals surface area contributed by atoms with E-state index in [1.807, 2.05) is 26.0 Å². The van der Waals surface area contributed by atoms with Crippen LogP contribution in [0, 0.1) is 13.8 Å². The van der Waals surface area contributed by atoms with E-state index in [2.05, 4.69) is 23.7 Å². The fourth-order valence-electron chi connectivity index (χ4n) is 2.20. The van der Waals surface area contributed by atoms with Crippen LogP contribution in [0.5, 0.6) is 0 Å². The van der Waals surface area contributed by atoms with Crippen LogP contribution < -0.4 is 5.32 Å². The maximum Gasteiger partial charge on any atom is 0.138 e. The summed E-state index contributed by atoms with van der Waals surface area (Å²) in [5, 5.41) is 7.42. The number of rotatable bonds is 6. The number of hydrogen-bond donors (Lipinski definition) is 1. The van der Waals surface area contributed by atoms with Gasteiger partial charge in [-0.15, -0.1) is 0 Å². The van der Waals surface area contributed by atoms with Crippen LogP contribution in [0.15, 0.2) is 21.1 Å². The molecule has 2 aromatic heterocycles. The second-order valence-corrected chi connectivity index (χ2v) is 5.51. The number of nitrogens with zero attached hydrogens (tertiary/aromatic N) is 1. The van der Waals surface area contributed by atoms with E-state index in [0.29, 0.717) is 6.54 Å². The number of furan rings is 1. The average Bonchev–Trinajstić information content (AvgIpc) is 2.95. The highest BCUT2D eigenvalue weighted by Crippen LogP contribution is 2.21. The minimum absolute atomic E-state index is 0.195. The highest BCUT2D eigenvalue weighted by molar-refractivity contribution is 7.97. The topological polar surface area (TPSA) is 51.2 Å². The Morgan fingerprint density at radius 2 is 2.05 bits per heavy atom. The second-order valence-electron chi connectivity index (χ2n) is 4.64. The maximum atomic E-state index is 5.73. The van der Waals surface area contributed by atoms with Gasteiger partial charge in [0.1, 0.15) is 17.3 Å². The van der Waals surface area contributed by atoms with Gasteiger partial charge in [0.15, 0.2) is 0 Å². The third-order valence-corrected chi connectivity index (χ3v) is 3.68. The summed E-state index contributed by atoms with van der Waals surface area (Å²) >= 11 is 1.76. The first-order valence-electron chi connectivity index (χ1n) is 6.34. The lowest BCUT2D eigenvalue weighted by Gasteiger charge is -2.12. The smallest absolute Gasteiger partial charge is 0.138 e. The summed E-state index contributed by atoms with van der Waals surface area (Å²) in [4.78, 5) is 0. The van der Waals surface area contributed by atoms with Crippen molar-refractivity contribution in [2.45, 2.75) is 39.1 Å². The zero-order valence-corrected chi connectivity index (χ0v) is 12.6. The Bertz CT molecular complexity index is 514. The van der Waals surface area contributed by atoms with Gasteiger partial charge in [-0.05, 0) is 39.2 Å². The molecular formula is C14H20N2O2S. The SMILES string of the molecule is CSCc1ccc(CNC(C)c2c(C)noc2C)o1. The van der Waals surface area contributed by atoms with E-state index in [9.17, 15) is 0 Å². The molecule has 5 heteroatoms. The van der Waals surface area contributed by atoms with E-state index in [1.165, 1.54) is 0 Å². The van der Waals surface area contributed by atoms with Gasteiger partial charge in [0, 0.05) is 11.6 Å². The molecule has 4 nitrogen and oxygen atoms in total. The molecule has 0 radical (unpaired) electrons. The summed E-state index contributed by atoms with van der Waals surface area (Å²) < 4.78 is 10.9. The summed E-state index contributed by atoms with van der Waals surface area (Å²) in [6.45, 7) is 6.72. The number of hydrogen-bond acceptors (Lipinski definition) is 5. The first kappa shape index (κ1) is 14.2. The standard InChI is InChI=1S/C14H20N2O2S/c1-9(14-10(2)16-18-11(14)3)15-7-12-5-6-13(17-12)8-19-4/h5-6,9,15H,7-8H2,1-4H3. The van der Waals surface area contributed by atoms with Crippen LogP contribution in [-0.4, -0.2) is 11.4 Å². The molecule has 0 aliphatic heterocycles. The molecule has 0 bridgehead atoms. The zero-order chi connectivity index (χ0) is 13.8.